The number of hydrogen-bond acceptors (Lipinski definition) is 5. The van der Waals surface area contributed by atoms with E-state index in [2.05, 4.69) is 35.6 Å². The van der Waals surface area contributed by atoms with E-state index in [-0.39, 0.29) is 17.0 Å². The SMILES string of the molecule is COc1ccc(CCN(CC(C)(C)C)C(=O)c2nc(N3CCCC3)ncc2Cl)cc1. The molecule has 162 valence electrons. The monoisotopic (exact) mass is 430 g/mol. The Morgan fingerprint density at radius 3 is 2.47 bits per heavy atom. The summed E-state index contributed by atoms with van der Waals surface area (Å²) in [5.41, 5.74) is 1.38. The molecule has 7 heteroatoms. The van der Waals surface area contributed by atoms with Crippen molar-refractivity contribution in [2.75, 3.05) is 38.2 Å². The highest BCUT2D eigenvalue weighted by molar-refractivity contribution is 6.33. The van der Waals surface area contributed by atoms with Gasteiger partial charge in [-0.2, -0.15) is 0 Å². The lowest BCUT2D eigenvalue weighted by Crippen LogP contribution is -2.40. The van der Waals surface area contributed by atoms with E-state index in [1.807, 2.05) is 29.2 Å². The van der Waals surface area contributed by atoms with Gasteiger partial charge in [0.15, 0.2) is 5.69 Å². The summed E-state index contributed by atoms with van der Waals surface area (Å²) >= 11 is 6.36. The smallest absolute Gasteiger partial charge is 0.274 e. The molecule has 1 fully saturated rings. The van der Waals surface area contributed by atoms with Gasteiger partial charge in [0.2, 0.25) is 5.95 Å². The van der Waals surface area contributed by atoms with Gasteiger partial charge in [0.25, 0.3) is 5.91 Å². The Kier molecular flexibility index (Phi) is 7.19. The fourth-order valence-corrected chi connectivity index (χ4v) is 3.78. The van der Waals surface area contributed by atoms with Crippen LogP contribution in [0.25, 0.3) is 0 Å². The van der Waals surface area contributed by atoms with Crippen molar-refractivity contribution in [1.29, 1.82) is 0 Å². The largest absolute Gasteiger partial charge is 0.497 e. The minimum Gasteiger partial charge on any atom is -0.497 e. The van der Waals surface area contributed by atoms with E-state index in [0.29, 0.717) is 24.1 Å². The van der Waals surface area contributed by atoms with E-state index in [0.717, 1.165) is 43.7 Å². The van der Waals surface area contributed by atoms with Crippen molar-refractivity contribution in [3.8, 4) is 5.75 Å². The minimum atomic E-state index is -0.147. The average molecular weight is 431 g/mol. The second-order valence-electron chi connectivity index (χ2n) is 8.95. The molecule has 0 unspecified atom stereocenters. The van der Waals surface area contributed by atoms with E-state index in [4.69, 9.17) is 16.3 Å². The van der Waals surface area contributed by atoms with Gasteiger partial charge in [-0.3, -0.25) is 4.79 Å². The molecule has 0 N–H and O–H groups in total. The lowest BCUT2D eigenvalue weighted by atomic mass is 9.95. The molecule has 1 amide bonds. The van der Waals surface area contributed by atoms with Gasteiger partial charge in [0.1, 0.15) is 5.75 Å². The second kappa shape index (κ2) is 9.65. The Hall–Kier alpha value is -2.34. The first-order valence-electron chi connectivity index (χ1n) is 10.5. The van der Waals surface area contributed by atoms with Crippen LogP contribution in [0.2, 0.25) is 5.02 Å². The van der Waals surface area contributed by atoms with Crippen molar-refractivity contribution in [3.63, 3.8) is 0 Å². The molecular weight excluding hydrogens is 400 g/mol. The molecule has 0 saturated carbocycles. The summed E-state index contributed by atoms with van der Waals surface area (Å²) in [6.07, 6.45) is 4.53. The topological polar surface area (TPSA) is 58.6 Å². The summed E-state index contributed by atoms with van der Waals surface area (Å²) in [6, 6.07) is 7.94. The fourth-order valence-electron chi connectivity index (χ4n) is 3.61. The summed E-state index contributed by atoms with van der Waals surface area (Å²) in [4.78, 5) is 26.3. The van der Waals surface area contributed by atoms with Crippen LogP contribution in [0.4, 0.5) is 5.95 Å². The summed E-state index contributed by atoms with van der Waals surface area (Å²) in [7, 11) is 1.65. The summed E-state index contributed by atoms with van der Waals surface area (Å²) in [5, 5.41) is 0.298. The molecule has 1 aliphatic rings. The number of amides is 1. The van der Waals surface area contributed by atoms with Crippen LogP contribution in [-0.2, 0) is 6.42 Å². The van der Waals surface area contributed by atoms with Gasteiger partial charge in [0.05, 0.1) is 18.3 Å². The molecule has 2 heterocycles. The van der Waals surface area contributed by atoms with E-state index >= 15 is 0 Å². The normalized spacial score (nSPS) is 14.1. The third-order valence-corrected chi connectivity index (χ3v) is 5.38. The van der Waals surface area contributed by atoms with E-state index in [1.165, 1.54) is 0 Å². The minimum absolute atomic E-state index is 0.0488. The highest BCUT2D eigenvalue weighted by atomic mass is 35.5. The Morgan fingerprint density at radius 2 is 1.87 bits per heavy atom. The third-order valence-electron chi connectivity index (χ3n) is 5.10. The molecule has 0 bridgehead atoms. The molecule has 1 aliphatic heterocycles. The molecule has 3 rings (SSSR count). The first-order chi connectivity index (χ1) is 14.3. The van der Waals surface area contributed by atoms with Gasteiger partial charge >= 0.3 is 0 Å². The average Bonchev–Trinajstić information content (AvgIpc) is 3.25. The molecule has 6 nitrogen and oxygen atoms in total. The number of carbonyl (C=O) groups is 1. The molecule has 2 aromatic rings. The first kappa shape index (κ1) is 22.3. The number of aromatic nitrogens is 2. The number of halogens is 1. The van der Waals surface area contributed by atoms with E-state index < -0.39 is 0 Å². The Labute approximate surface area is 184 Å². The Balaban J connectivity index is 1.80. The van der Waals surface area contributed by atoms with Crippen molar-refractivity contribution >= 4 is 23.5 Å². The number of carbonyl (C=O) groups excluding carboxylic acids is 1. The molecule has 30 heavy (non-hydrogen) atoms. The molecule has 1 aromatic carbocycles. The molecule has 0 radical (unpaired) electrons. The van der Waals surface area contributed by atoms with Gasteiger partial charge < -0.3 is 14.5 Å². The Morgan fingerprint density at radius 1 is 1.20 bits per heavy atom. The highest BCUT2D eigenvalue weighted by Gasteiger charge is 2.26. The van der Waals surface area contributed by atoms with Crippen LogP contribution in [0.15, 0.2) is 30.5 Å². The van der Waals surface area contributed by atoms with Gasteiger partial charge in [0, 0.05) is 26.2 Å². The van der Waals surface area contributed by atoms with Crippen LogP contribution in [-0.4, -0.2) is 54.1 Å². The predicted molar refractivity (Wildman–Crippen MR) is 121 cm³/mol. The second-order valence-corrected chi connectivity index (χ2v) is 9.35. The molecule has 0 atom stereocenters. The standard InChI is InChI=1S/C23H31ClN4O2/c1-23(2,3)16-28(14-11-17-7-9-18(30-4)10-8-17)21(29)20-19(24)15-25-22(26-20)27-12-5-6-13-27/h7-10,15H,5-6,11-14,16H2,1-4H3. The maximum absolute atomic E-state index is 13.4. The number of methoxy groups -OCH3 is 1. The highest BCUT2D eigenvalue weighted by Crippen LogP contribution is 2.23. The quantitative estimate of drug-likeness (QED) is 0.648. The number of nitrogens with zero attached hydrogens (tertiary/aromatic N) is 4. The summed E-state index contributed by atoms with van der Waals surface area (Å²) in [6.45, 7) is 9.40. The summed E-state index contributed by atoms with van der Waals surface area (Å²) in [5.74, 6) is 1.26. The molecule has 0 spiro atoms. The lowest BCUT2D eigenvalue weighted by molar-refractivity contribution is 0.0692. The van der Waals surface area contributed by atoms with Crippen LogP contribution in [0.5, 0.6) is 5.75 Å². The number of hydrogen-bond donors (Lipinski definition) is 0. The van der Waals surface area contributed by atoms with Crippen molar-refractivity contribution in [2.24, 2.45) is 5.41 Å². The predicted octanol–water partition coefficient (Wildman–Crippen LogP) is 4.47. The third kappa shape index (κ3) is 5.85. The van der Waals surface area contributed by atoms with Crippen LogP contribution in [0, 0.1) is 5.41 Å². The lowest BCUT2D eigenvalue weighted by Gasteiger charge is -2.30. The molecule has 0 aliphatic carbocycles. The zero-order valence-corrected chi connectivity index (χ0v) is 19.1. The van der Waals surface area contributed by atoms with E-state index in [1.54, 1.807) is 13.3 Å². The fraction of sp³-hybridized carbons (Fsp3) is 0.522. The molecular formula is C23H31ClN4O2. The number of rotatable bonds is 7. The van der Waals surface area contributed by atoms with Crippen molar-refractivity contribution in [1.82, 2.24) is 14.9 Å². The van der Waals surface area contributed by atoms with Crippen molar-refractivity contribution in [2.45, 2.75) is 40.0 Å². The summed E-state index contributed by atoms with van der Waals surface area (Å²) < 4.78 is 5.23. The number of benzene rings is 1. The van der Waals surface area contributed by atoms with Crippen LogP contribution >= 0.6 is 11.6 Å². The zero-order valence-electron chi connectivity index (χ0n) is 18.3. The number of anilines is 1. The molecule has 1 aromatic heterocycles. The maximum Gasteiger partial charge on any atom is 0.274 e. The number of ether oxygens (including phenoxy) is 1. The van der Waals surface area contributed by atoms with Gasteiger partial charge in [-0.05, 0) is 42.4 Å². The molecule has 1 saturated heterocycles. The van der Waals surface area contributed by atoms with Gasteiger partial charge in [-0.25, -0.2) is 9.97 Å². The van der Waals surface area contributed by atoms with Gasteiger partial charge in [-0.1, -0.05) is 44.5 Å². The zero-order chi connectivity index (χ0) is 21.7. The van der Waals surface area contributed by atoms with Crippen molar-refractivity contribution in [3.05, 3.63) is 46.7 Å². The van der Waals surface area contributed by atoms with Crippen LogP contribution in [0.1, 0.15) is 49.7 Å². The Bertz CT molecular complexity index is 858. The first-order valence-corrected chi connectivity index (χ1v) is 10.8. The van der Waals surface area contributed by atoms with Gasteiger partial charge in [-0.15, -0.1) is 0 Å². The van der Waals surface area contributed by atoms with Crippen LogP contribution in [0.3, 0.4) is 0 Å². The van der Waals surface area contributed by atoms with Crippen molar-refractivity contribution < 1.29 is 9.53 Å². The maximum atomic E-state index is 13.4. The van der Waals surface area contributed by atoms with Crippen LogP contribution < -0.4 is 9.64 Å². The van der Waals surface area contributed by atoms with E-state index in [9.17, 15) is 4.79 Å².